The number of halogens is 1. The number of aliphatic hydroxyl groups is 1. The van der Waals surface area contributed by atoms with Gasteiger partial charge >= 0.3 is 0 Å². The molecule has 0 aliphatic carbocycles. The largest absolute Gasteiger partial charge is 0.388 e. The van der Waals surface area contributed by atoms with E-state index in [1.807, 2.05) is 72.8 Å². The molecule has 2 nitrogen and oxygen atoms in total. The van der Waals surface area contributed by atoms with Crippen LogP contribution >= 0.6 is 11.6 Å². The topological polar surface area (TPSA) is 33.1 Å². The van der Waals surface area contributed by atoms with Gasteiger partial charge in [-0.15, -0.1) is 0 Å². The molecule has 0 spiro atoms. The van der Waals surface area contributed by atoms with Crippen molar-refractivity contribution >= 4 is 34.7 Å². The summed E-state index contributed by atoms with van der Waals surface area (Å²) in [5.74, 6) is 0. The Morgan fingerprint density at radius 3 is 2.63 bits per heavy atom. The predicted molar refractivity (Wildman–Crippen MR) is 127 cm³/mol. The average Bonchev–Trinajstić information content (AvgIpc) is 2.77. The highest BCUT2D eigenvalue weighted by Gasteiger charge is 2.09. The lowest BCUT2D eigenvalue weighted by atomic mass is 9.97. The molecular formula is C27H24ClNO. The van der Waals surface area contributed by atoms with Gasteiger partial charge in [-0.05, 0) is 72.4 Å². The van der Waals surface area contributed by atoms with E-state index < -0.39 is 6.10 Å². The van der Waals surface area contributed by atoms with Gasteiger partial charge in [-0.3, -0.25) is 0 Å². The van der Waals surface area contributed by atoms with Crippen LogP contribution in [0.4, 0.5) is 0 Å². The molecule has 0 saturated heterocycles. The fourth-order valence-corrected chi connectivity index (χ4v) is 3.77. The summed E-state index contributed by atoms with van der Waals surface area (Å²) in [6.45, 7) is 2.11. The van der Waals surface area contributed by atoms with Gasteiger partial charge in [0, 0.05) is 10.4 Å². The number of hydrogen-bond acceptors (Lipinski definition) is 2. The molecule has 4 aromatic rings. The highest BCUT2D eigenvalue weighted by atomic mass is 35.5. The van der Waals surface area contributed by atoms with Gasteiger partial charge in [0.05, 0.1) is 17.3 Å². The number of aryl methyl sites for hydroxylation is 2. The van der Waals surface area contributed by atoms with Crippen molar-refractivity contribution in [3.8, 4) is 0 Å². The number of rotatable bonds is 6. The van der Waals surface area contributed by atoms with Crippen molar-refractivity contribution in [1.29, 1.82) is 0 Å². The summed E-state index contributed by atoms with van der Waals surface area (Å²) in [6, 6.07) is 26.1. The summed E-state index contributed by atoms with van der Waals surface area (Å²) in [4.78, 5) is 4.66. The van der Waals surface area contributed by atoms with Crippen LogP contribution in [-0.4, -0.2) is 10.1 Å². The predicted octanol–water partition coefficient (Wildman–Crippen LogP) is 7.03. The van der Waals surface area contributed by atoms with E-state index in [1.165, 1.54) is 11.1 Å². The Bertz CT molecular complexity index is 1200. The van der Waals surface area contributed by atoms with Crippen LogP contribution < -0.4 is 0 Å². The zero-order valence-electron chi connectivity index (χ0n) is 16.9. The number of fused-ring (bicyclic) bond motifs is 1. The lowest BCUT2D eigenvalue weighted by Crippen LogP contribution is -2.01. The minimum Gasteiger partial charge on any atom is -0.388 e. The van der Waals surface area contributed by atoms with Crippen LogP contribution in [0.2, 0.25) is 5.02 Å². The Kier molecular flexibility index (Phi) is 6.27. The van der Waals surface area contributed by atoms with Crippen LogP contribution in [0.25, 0.3) is 23.1 Å². The van der Waals surface area contributed by atoms with Crippen molar-refractivity contribution in [2.75, 3.05) is 0 Å². The molecule has 0 saturated carbocycles. The molecule has 0 amide bonds. The summed E-state index contributed by atoms with van der Waals surface area (Å²) in [5, 5.41) is 12.4. The fraction of sp³-hybridized carbons (Fsp3) is 0.148. The second kappa shape index (κ2) is 9.25. The van der Waals surface area contributed by atoms with Crippen molar-refractivity contribution in [3.63, 3.8) is 0 Å². The quantitative estimate of drug-likeness (QED) is 0.368. The third-order valence-electron chi connectivity index (χ3n) is 5.37. The molecule has 3 heteroatoms. The minimum atomic E-state index is -0.487. The molecule has 1 heterocycles. The Balaban J connectivity index is 1.47. The number of nitrogens with zero attached hydrogens (tertiary/aromatic N) is 1. The highest BCUT2D eigenvalue weighted by Crippen LogP contribution is 2.23. The Labute approximate surface area is 182 Å². The van der Waals surface area contributed by atoms with Gasteiger partial charge in [-0.25, -0.2) is 4.98 Å². The number of aromatic nitrogens is 1. The van der Waals surface area contributed by atoms with Crippen molar-refractivity contribution < 1.29 is 5.11 Å². The Hall–Kier alpha value is -2.94. The first kappa shape index (κ1) is 20.3. The first-order valence-electron chi connectivity index (χ1n) is 10.2. The third kappa shape index (κ3) is 4.96. The van der Waals surface area contributed by atoms with E-state index in [1.54, 1.807) is 0 Å². The zero-order valence-corrected chi connectivity index (χ0v) is 17.7. The number of aliphatic hydroxyl groups excluding tert-OH is 1. The summed E-state index contributed by atoms with van der Waals surface area (Å²) in [5.41, 5.74) is 6.28. The fourth-order valence-electron chi connectivity index (χ4n) is 3.60. The van der Waals surface area contributed by atoms with E-state index in [2.05, 4.69) is 30.1 Å². The van der Waals surface area contributed by atoms with Crippen LogP contribution in [0.1, 0.15) is 40.5 Å². The molecule has 1 N–H and O–H groups in total. The normalized spacial score (nSPS) is 12.5. The smallest absolute Gasteiger partial charge is 0.0793 e. The Morgan fingerprint density at radius 2 is 1.77 bits per heavy atom. The molecule has 0 bridgehead atoms. The maximum atomic E-state index is 10.7. The highest BCUT2D eigenvalue weighted by molar-refractivity contribution is 6.31. The van der Waals surface area contributed by atoms with Crippen LogP contribution in [0.3, 0.4) is 0 Å². The molecule has 0 radical (unpaired) electrons. The van der Waals surface area contributed by atoms with Crippen LogP contribution in [0.15, 0.2) is 78.9 Å². The van der Waals surface area contributed by atoms with E-state index in [-0.39, 0.29) is 0 Å². The van der Waals surface area contributed by atoms with Gasteiger partial charge in [-0.1, -0.05) is 72.3 Å². The molecule has 1 aromatic heterocycles. The van der Waals surface area contributed by atoms with E-state index in [4.69, 9.17) is 11.6 Å². The molecule has 0 aliphatic rings. The minimum absolute atomic E-state index is 0.487. The van der Waals surface area contributed by atoms with Gasteiger partial charge in [0.1, 0.15) is 0 Å². The third-order valence-corrected chi connectivity index (χ3v) is 5.60. The molecule has 4 rings (SSSR count). The van der Waals surface area contributed by atoms with Gasteiger partial charge in [0.2, 0.25) is 0 Å². The van der Waals surface area contributed by atoms with E-state index in [9.17, 15) is 5.11 Å². The monoisotopic (exact) mass is 413 g/mol. The molecule has 0 aliphatic heterocycles. The number of pyridine rings is 1. The second-order valence-electron chi connectivity index (χ2n) is 7.56. The van der Waals surface area contributed by atoms with Crippen LogP contribution in [-0.2, 0) is 6.42 Å². The maximum Gasteiger partial charge on any atom is 0.0793 e. The first-order valence-corrected chi connectivity index (χ1v) is 10.5. The van der Waals surface area contributed by atoms with Crippen molar-refractivity contribution in [2.45, 2.75) is 25.9 Å². The SMILES string of the molecule is Cc1ccccc1CCC(O)c1cccc(/C=C/c2ccc3ccc(Cl)cc3n2)c1. The van der Waals surface area contributed by atoms with Gasteiger partial charge < -0.3 is 5.11 Å². The molecule has 0 fully saturated rings. The van der Waals surface area contributed by atoms with E-state index >= 15 is 0 Å². The Morgan fingerprint density at radius 1 is 0.933 bits per heavy atom. The van der Waals surface area contributed by atoms with Gasteiger partial charge in [-0.2, -0.15) is 0 Å². The van der Waals surface area contributed by atoms with Crippen molar-refractivity contribution in [2.24, 2.45) is 0 Å². The van der Waals surface area contributed by atoms with Crippen LogP contribution in [0.5, 0.6) is 0 Å². The lowest BCUT2D eigenvalue weighted by Gasteiger charge is -2.13. The number of benzene rings is 3. The molecular weight excluding hydrogens is 390 g/mol. The van der Waals surface area contributed by atoms with E-state index in [0.29, 0.717) is 11.4 Å². The summed E-state index contributed by atoms with van der Waals surface area (Å²) < 4.78 is 0. The molecule has 1 atom stereocenters. The summed E-state index contributed by atoms with van der Waals surface area (Å²) in [7, 11) is 0. The second-order valence-corrected chi connectivity index (χ2v) is 7.99. The van der Waals surface area contributed by atoms with Crippen LogP contribution in [0, 0.1) is 6.92 Å². The first-order chi connectivity index (χ1) is 14.6. The molecule has 1 unspecified atom stereocenters. The average molecular weight is 414 g/mol. The molecule has 30 heavy (non-hydrogen) atoms. The molecule has 3 aromatic carbocycles. The van der Waals surface area contributed by atoms with Crippen molar-refractivity contribution in [1.82, 2.24) is 4.98 Å². The lowest BCUT2D eigenvalue weighted by molar-refractivity contribution is 0.168. The van der Waals surface area contributed by atoms with Gasteiger partial charge in [0.15, 0.2) is 0 Å². The van der Waals surface area contributed by atoms with Crippen molar-refractivity contribution in [3.05, 3.63) is 112 Å². The zero-order chi connectivity index (χ0) is 20.9. The summed E-state index contributed by atoms with van der Waals surface area (Å²) >= 11 is 6.08. The molecule has 150 valence electrons. The standard InChI is InChI=1S/C27H24ClNO/c1-19-5-2-3-7-21(19)12-16-27(30)23-8-4-6-20(17-23)9-14-25-15-11-22-10-13-24(28)18-26(22)29-25/h2-11,13-15,17-18,27,30H,12,16H2,1H3/b14-9+. The summed E-state index contributed by atoms with van der Waals surface area (Å²) in [6.07, 6.45) is 5.08. The van der Waals surface area contributed by atoms with E-state index in [0.717, 1.165) is 34.1 Å². The maximum absolute atomic E-state index is 10.7. The number of hydrogen-bond donors (Lipinski definition) is 1. The van der Waals surface area contributed by atoms with Gasteiger partial charge in [0.25, 0.3) is 0 Å².